The van der Waals surface area contributed by atoms with Gasteiger partial charge < -0.3 is 9.67 Å². The minimum absolute atomic E-state index is 0.177. The molecular weight excluding hydrogens is 508 g/mol. The molecule has 0 amide bonds. The Balaban J connectivity index is 1.71. The van der Waals surface area contributed by atoms with Crippen molar-refractivity contribution in [3.63, 3.8) is 0 Å². The van der Waals surface area contributed by atoms with Crippen molar-refractivity contribution >= 4 is 49.9 Å². The highest BCUT2D eigenvalue weighted by Gasteiger charge is 2.24. The third kappa shape index (κ3) is 4.20. The molecule has 0 aliphatic heterocycles. The van der Waals surface area contributed by atoms with E-state index in [-0.39, 0.29) is 11.5 Å². The first-order valence-corrected chi connectivity index (χ1v) is 12.7. The minimum Gasteiger partial charge on any atom is -0.480 e. The van der Waals surface area contributed by atoms with E-state index in [1.165, 1.54) is 11.1 Å². The summed E-state index contributed by atoms with van der Waals surface area (Å²) >= 11 is 3.46. The van der Waals surface area contributed by atoms with E-state index in [0.717, 1.165) is 52.3 Å². The molecule has 7 nitrogen and oxygen atoms in total. The van der Waals surface area contributed by atoms with Gasteiger partial charge in [0.25, 0.3) is 5.56 Å². The second-order valence-corrected chi connectivity index (χ2v) is 10.1. The highest BCUT2D eigenvalue weighted by atomic mass is 79.9. The molecule has 0 spiro atoms. The number of halogens is 1. The van der Waals surface area contributed by atoms with Crippen molar-refractivity contribution in [3.05, 3.63) is 74.4 Å². The molecule has 0 unspecified atom stereocenters. The first-order chi connectivity index (χ1) is 16.9. The summed E-state index contributed by atoms with van der Waals surface area (Å²) in [5.41, 5.74) is 2.88. The van der Waals surface area contributed by atoms with Crippen LogP contribution in [0.1, 0.15) is 68.1 Å². The fraction of sp³-hybridized carbons (Fsp3) is 0.333. The van der Waals surface area contributed by atoms with E-state index in [2.05, 4.69) is 15.9 Å². The molecule has 2 heterocycles. The second kappa shape index (κ2) is 9.41. The topological polar surface area (TPSA) is 89.5 Å². The number of nitrogens with zero attached hydrogens (tertiary/aromatic N) is 4. The Morgan fingerprint density at radius 1 is 1.17 bits per heavy atom. The molecule has 0 saturated heterocycles. The molecular formula is C27H27BrN4O3. The van der Waals surface area contributed by atoms with Gasteiger partial charge in [0, 0.05) is 32.6 Å². The van der Waals surface area contributed by atoms with E-state index in [0.29, 0.717) is 16.7 Å². The van der Waals surface area contributed by atoms with Gasteiger partial charge in [-0.3, -0.25) is 4.79 Å². The van der Waals surface area contributed by atoms with Gasteiger partial charge in [0.05, 0.1) is 17.1 Å². The molecule has 1 fully saturated rings. The normalized spacial score (nSPS) is 15.9. The Bertz CT molecular complexity index is 1530. The third-order valence-electron chi connectivity index (χ3n) is 7.06. The van der Waals surface area contributed by atoms with E-state index < -0.39 is 12.0 Å². The predicted molar refractivity (Wildman–Crippen MR) is 142 cm³/mol. The molecule has 1 saturated carbocycles. The molecule has 5 rings (SSSR count). The first-order valence-electron chi connectivity index (χ1n) is 12.0. The summed E-state index contributed by atoms with van der Waals surface area (Å²) in [6.07, 6.45) is 7.08. The van der Waals surface area contributed by atoms with Crippen LogP contribution in [0.5, 0.6) is 0 Å². The van der Waals surface area contributed by atoms with Crippen LogP contribution in [0.2, 0.25) is 0 Å². The van der Waals surface area contributed by atoms with Crippen LogP contribution in [-0.4, -0.2) is 31.5 Å². The number of carboxylic acid groups (broad SMARTS) is 1. The zero-order valence-corrected chi connectivity index (χ0v) is 21.3. The fourth-order valence-electron chi connectivity index (χ4n) is 5.21. The van der Waals surface area contributed by atoms with Crippen LogP contribution >= 0.6 is 15.9 Å². The van der Waals surface area contributed by atoms with Crippen molar-refractivity contribution in [2.45, 2.75) is 57.9 Å². The van der Waals surface area contributed by atoms with E-state index in [1.807, 2.05) is 43.3 Å². The summed E-state index contributed by atoms with van der Waals surface area (Å²) in [4.78, 5) is 30.3. The van der Waals surface area contributed by atoms with Crippen molar-refractivity contribution in [1.29, 1.82) is 0 Å². The fourth-order valence-corrected chi connectivity index (χ4v) is 5.57. The maximum absolute atomic E-state index is 13.6. The summed E-state index contributed by atoms with van der Waals surface area (Å²) in [7, 11) is 0. The Kier molecular flexibility index (Phi) is 6.32. The molecule has 8 heteroatoms. The van der Waals surface area contributed by atoms with Gasteiger partial charge >= 0.3 is 5.97 Å². The zero-order valence-electron chi connectivity index (χ0n) is 19.7. The lowest BCUT2D eigenvalue weighted by Crippen LogP contribution is -2.25. The first kappa shape index (κ1) is 23.5. The average Bonchev–Trinajstić information content (AvgIpc) is 3.14. The number of aliphatic carboxylic acids is 1. The smallest absolute Gasteiger partial charge is 0.326 e. The monoisotopic (exact) mass is 534 g/mol. The molecule has 0 bridgehead atoms. The molecule has 1 atom stereocenters. The number of benzene rings is 2. The highest BCUT2D eigenvalue weighted by Crippen LogP contribution is 2.32. The average molecular weight is 535 g/mol. The van der Waals surface area contributed by atoms with Crippen LogP contribution in [0.3, 0.4) is 0 Å². The van der Waals surface area contributed by atoms with Gasteiger partial charge in [-0.05, 0) is 51.0 Å². The number of hydrogen-bond donors (Lipinski definition) is 1. The number of aromatic nitrogens is 3. The van der Waals surface area contributed by atoms with Gasteiger partial charge in [0.1, 0.15) is 11.9 Å². The molecule has 1 aliphatic carbocycles. The standard InChI is InChI=1S/C27H27BrN4O3/c1-16-22(20-10-6-7-11-24(20)31(16)17(2)27(34)35)15-29-32-25(18-8-4-3-5-9-18)30-23-13-12-19(28)14-21(23)26(32)33/h6-7,10-15,17-18H,3-5,8-9H2,1-2H3,(H,34,35)/t17-/m0/s1. The van der Waals surface area contributed by atoms with Gasteiger partial charge in [0.15, 0.2) is 0 Å². The number of carbonyl (C=O) groups is 1. The van der Waals surface area contributed by atoms with Crippen molar-refractivity contribution in [2.75, 3.05) is 0 Å². The second-order valence-electron chi connectivity index (χ2n) is 9.23. The van der Waals surface area contributed by atoms with Crippen molar-refractivity contribution in [1.82, 2.24) is 14.2 Å². The van der Waals surface area contributed by atoms with Gasteiger partial charge in [0.2, 0.25) is 0 Å². The SMILES string of the molecule is Cc1c(C=Nn2c(C3CCCCC3)nc3ccc(Br)cc3c2=O)c2ccccc2n1[C@@H](C)C(=O)O. The Morgan fingerprint density at radius 3 is 2.66 bits per heavy atom. The lowest BCUT2D eigenvalue weighted by molar-refractivity contribution is -0.140. The Hall–Kier alpha value is -3.26. The summed E-state index contributed by atoms with van der Waals surface area (Å²) in [6.45, 7) is 3.56. The molecule has 2 aromatic heterocycles. The van der Waals surface area contributed by atoms with E-state index >= 15 is 0 Å². The lowest BCUT2D eigenvalue weighted by atomic mass is 9.88. The number of carboxylic acids is 1. The number of rotatable bonds is 5. The summed E-state index contributed by atoms with van der Waals surface area (Å²) in [6, 6.07) is 12.5. The van der Waals surface area contributed by atoms with Crippen molar-refractivity contribution < 1.29 is 9.90 Å². The predicted octanol–water partition coefficient (Wildman–Crippen LogP) is 6.00. The van der Waals surface area contributed by atoms with E-state index in [1.54, 1.807) is 23.8 Å². The van der Waals surface area contributed by atoms with Crippen molar-refractivity contribution in [3.8, 4) is 0 Å². The Labute approximate surface area is 211 Å². The van der Waals surface area contributed by atoms with E-state index in [9.17, 15) is 14.7 Å². The molecule has 2 aromatic carbocycles. The molecule has 35 heavy (non-hydrogen) atoms. The summed E-state index contributed by atoms with van der Waals surface area (Å²) < 4.78 is 4.07. The largest absolute Gasteiger partial charge is 0.480 e. The number of para-hydroxylation sites is 1. The lowest BCUT2D eigenvalue weighted by Gasteiger charge is -2.22. The quantitative estimate of drug-likeness (QED) is 0.318. The highest BCUT2D eigenvalue weighted by molar-refractivity contribution is 9.10. The molecule has 1 aliphatic rings. The molecule has 0 radical (unpaired) electrons. The summed E-state index contributed by atoms with van der Waals surface area (Å²) in [5, 5.41) is 15.8. The number of hydrogen-bond acceptors (Lipinski definition) is 4. The molecule has 1 N–H and O–H groups in total. The van der Waals surface area contributed by atoms with Gasteiger partial charge in [-0.25, -0.2) is 9.78 Å². The van der Waals surface area contributed by atoms with Crippen LogP contribution in [0.4, 0.5) is 0 Å². The van der Waals surface area contributed by atoms with Gasteiger partial charge in [-0.2, -0.15) is 9.78 Å². The van der Waals surface area contributed by atoms with Crippen LogP contribution < -0.4 is 5.56 Å². The van der Waals surface area contributed by atoms with Crippen molar-refractivity contribution in [2.24, 2.45) is 5.10 Å². The van der Waals surface area contributed by atoms with E-state index in [4.69, 9.17) is 10.1 Å². The van der Waals surface area contributed by atoms with Gasteiger partial charge in [-0.1, -0.05) is 53.4 Å². The van der Waals surface area contributed by atoms with Crippen LogP contribution in [0.15, 0.2) is 56.8 Å². The molecule has 180 valence electrons. The minimum atomic E-state index is -0.905. The zero-order chi connectivity index (χ0) is 24.7. The van der Waals surface area contributed by atoms with Crippen LogP contribution in [-0.2, 0) is 4.79 Å². The summed E-state index contributed by atoms with van der Waals surface area (Å²) in [5.74, 6) is -0.0327. The van der Waals surface area contributed by atoms with Crippen LogP contribution in [0, 0.1) is 6.92 Å². The van der Waals surface area contributed by atoms with Gasteiger partial charge in [-0.15, -0.1) is 0 Å². The van der Waals surface area contributed by atoms with Crippen LogP contribution in [0.25, 0.3) is 21.8 Å². The number of fused-ring (bicyclic) bond motifs is 2. The maximum atomic E-state index is 13.6. The molecule has 4 aromatic rings. The Morgan fingerprint density at radius 2 is 1.91 bits per heavy atom. The third-order valence-corrected chi connectivity index (χ3v) is 7.55. The maximum Gasteiger partial charge on any atom is 0.326 e.